The Balaban J connectivity index is 1.98. The number of rotatable bonds is 4. The molecule has 0 bridgehead atoms. The highest BCUT2D eigenvalue weighted by Gasteiger charge is 2.27. The average molecular weight is 264 g/mol. The molecule has 0 saturated carbocycles. The van der Waals surface area contributed by atoms with Crippen LogP contribution in [0.25, 0.3) is 0 Å². The third-order valence-electron chi connectivity index (χ3n) is 3.43. The van der Waals surface area contributed by atoms with Crippen molar-refractivity contribution < 1.29 is 4.79 Å². The van der Waals surface area contributed by atoms with E-state index in [4.69, 9.17) is 0 Å². The van der Waals surface area contributed by atoms with Crippen molar-refractivity contribution >= 4 is 5.91 Å². The van der Waals surface area contributed by atoms with Crippen LogP contribution in [0.4, 0.5) is 0 Å². The van der Waals surface area contributed by atoms with E-state index in [1.165, 1.54) is 0 Å². The summed E-state index contributed by atoms with van der Waals surface area (Å²) < 4.78 is 1.67. The minimum Gasteiger partial charge on any atom is -0.358 e. The number of hydrogen-bond donors (Lipinski definition) is 2. The molecule has 6 nitrogen and oxygen atoms in total. The number of piperazine rings is 1. The van der Waals surface area contributed by atoms with Crippen molar-refractivity contribution in [2.45, 2.75) is 12.6 Å². The third kappa shape index (κ3) is 3.42. The Bertz CT molecular complexity index is 486. The maximum atomic E-state index is 11.8. The van der Waals surface area contributed by atoms with Crippen molar-refractivity contribution in [1.82, 2.24) is 20.1 Å². The van der Waals surface area contributed by atoms with Gasteiger partial charge in [-0.2, -0.15) is 0 Å². The average Bonchev–Trinajstić information content (AvgIpc) is 2.46. The van der Waals surface area contributed by atoms with Gasteiger partial charge in [-0.3, -0.25) is 14.5 Å². The zero-order valence-corrected chi connectivity index (χ0v) is 11.1. The molecule has 1 unspecified atom stereocenters. The van der Waals surface area contributed by atoms with E-state index in [2.05, 4.69) is 15.5 Å². The van der Waals surface area contributed by atoms with Crippen LogP contribution in [0, 0.1) is 0 Å². The van der Waals surface area contributed by atoms with Gasteiger partial charge in [-0.05, 0) is 6.07 Å². The van der Waals surface area contributed by atoms with Gasteiger partial charge in [0, 0.05) is 52.0 Å². The zero-order valence-electron chi connectivity index (χ0n) is 11.1. The first-order valence-corrected chi connectivity index (χ1v) is 6.54. The number of nitrogens with zero attached hydrogens (tertiary/aromatic N) is 2. The maximum absolute atomic E-state index is 11.8. The lowest BCUT2D eigenvalue weighted by molar-refractivity contribution is -0.126. The fraction of sp³-hybridized carbons (Fsp3) is 0.538. The summed E-state index contributed by atoms with van der Waals surface area (Å²) in [6.45, 7) is 3.65. The van der Waals surface area contributed by atoms with Gasteiger partial charge in [0.05, 0.1) is 0 Å². The number of hydrogen-bond acceptors (Lipinski definition) is 4. The van der Waals surface area contributed by atoms with Gasteiger partial charge in [-0.25, -0.2) is 0 Å². The largest absolute Gasteiger partial charge is 0.358 e. The molecule has 0 aliphatic carbocycles. The molecule has 1 fully saturated rings. The molecule has 1 aliphatic heterocycles. The molecule has 2 rings (SSSR count). The number of carbonyl (C=O) groups excluding carboxylic acids is 1. The maximum Gasteiger partial charge on any atom is 0.250 e. The number of amides is 1. The predicted molar refractivity (Wildman–Crippen MR) is 73.0 cm³/mol. The van der Waals surface area contributed by atoms with Crippen molar-refractivity contribution in [3.05, 3.63) is 34.7 Å². The molecule has 0 aromatic carbocycles. The minimum atomic E-state index is -0.154. The van der Waals surface area contributed by atoms with E-state index in [0.29, 0.717) is 19.6 Å². The standard InChI is InChI=1S/C13H20N4O2/c1-14-13(19)11-10-15-5-7-16(11)8-9-17-6-3-2-4-12(17)18/h2-4,6,11,15H,5,7-10H2,1H3,(H,14,19). The second-order valence-electron chi connectivity index (χ2n) is 4.60. The fourth-order valence-corrected chi connectivity index (χ4v) is 2.32. The molecule has 1 saturated heterocycles. The predicted octanol–water partition coefficient (Wildman–Crippen LogP) is -1.13. The van der Waals surface area contributed by atoms with Gasteiger partial charge in [-0.1, -0.05) is 6.07 Å². The second-order valence-corrected chi connectivity index (χ2v) is 4.60. The first kappa shape index (κ1) is 13.8. The summed E-state index contributed by atoms with van der Waals surface area (Å²) in [6.07, 6.45) is 1.78. The van der Waals surface area contributed by atoms with Crippen molar-refractivity contribution in [2.24, 2.45) is 0 Å². The van der Waals surface area contributed by atoms with Crippen LogP contribution in [0.15, 0.2) is 29.2 Å². The van der Waals surface area contributed by atoms with Crippen LogP contribution < -0.4 is 16.2 Å². The van der Waals surface area contributed by atoms with Gasteiger partial charge in [0.2, 0.25) is 5.91 Å². The van der Waals surface area contributed by atoms with E-state index in [0.717, 1.165) is 13.1 Å². The summed E-state index contributed by atoms with van der Waals surface area (Å²) in [5.41, 5.74) is -0.00544. The third-order valence-corrected chi connectivity index (χ3v) is 3.43. The van der Waals surface area contributed by atoms with E-state index < -0.39 is 0 Å². The van der Waals surface area contributed by atoms with Crippen molar-refractivity contribution in [3.63, 3.8) is 0 Å². The SMILES string of the molecule is CNC(=O)C1CNCCN1CCn1ccccc1=O. The monoisotopic (exact) mass is 264 g/mol. The Labute approximate surface area is 112 Å². The molecule has 2 heterocycles. The quantitative estimate of drug-likeness (QED) is 0.722. The van der Waals surface area contributed by atoms with Crippen LogP contribution in [-0.2, 0) is 11.3 Å². The first-order chi connectivity index (χ1) is 9.22. The molecule has 104 valence electrons. The lowest BCUT2D eigenvalue weighted by atomic mass is 10.2. The van der Waals surface area contributed by atoms with Gasteiger partial charge in [-0.15, -0.1) is 0 Å². The summed E-state index contributed by atoms with van der Waals surface area (Å²) in [7, 11) is 1.65. The highest BCUT2D eigenvalue weighted by molar-refractivity contribution is 5.81. The van der Waals surface area contributed by atoms with E-state index >= 15 is 0 Å². The van der Waals surface area contributed by atoms with Crippen LogP contribution in [0.1, 0.15) is 0 Å². The molecule has 0 radical (unpaired) electrons. The van der Waals surface area contributed by atoms with Crippen LogP contribution in [0.5, 0.6) is 0 Å². The molecule has 1 aliphatic rings. The van der Waals surface area contributed by atoms with Crippen LogP contribution in [0.2, 0.25) is 0 Å². The smallest absolute Gasteiger partial charge is 0.250 e. The number of nitrogens with one attached hydrogen (secondary N) is 2. The van der Waals surface area contributed by atoms with Gasteiger partial charge < -0.3 is 15.2 Å². The van der Waals surface area contributed by atoms with Crippen molar-refractivity contribution in [1.29, 1.82) is 0 Å². The highest BCUT2D eigenvalue weighted by Crippen LogP contribution is 2.03. The Hall–Kier alpha value is -1.66. The van der Waals surface area contributed by atoms with Crippen molar-refractivity contribution in [2.75, 3.05) is 33.2 Å². The Morgan fingerprint density at radius 1 is 1.47 bits per heavy atom. The van der Waals surface area contributed by atoms with Crippen LogP contribution in [-0.4, -0.2) is 54.6 Å². The summed E-state index contributed by atoms with van der Waals surface area (Å²) in [6, 6.07) is 4.97. The molecular weight excluding hydrogens is 244 g/mol. The Morgan fingerprint density at radius 3 is 3.05 bits per heavy atom. The number of carbonyl (C=O) groups is 1. The molecule has 6 heteroatoms. The zero-order chi connectivity index (χ0) is 13.7. The number of likely N-dealkylation sites (N-methyl/N-ethyl adjacent to an activating group) is 1. The Kier molecular flexibility index (Phi) is 4.70. The molecule has 19 heavy (non-hydrogen) atoms. The first-order valence-electron chi connectivity index (χ1n) is 6.54. The minimum absolute atomic E-state index is 0.00544. The summed E-state index contributed by atoms with van der Waals surface area (Å²) in [5.74, 6) is 0.0209. The normalized spacial score (nSPS) is 20.2. The van der Waals surface area contributed by atoms with Gasteiger partial charge in [0.15, 0.2) is 0 Å². The van der Waals surface area contributed by atoms with Crippen molar-refractivity contribution in [3.8, 4) is 0 Å². The lowest BCUT2D eigenvalue weighted by Crippen LogP contribution is -2.58. The Morgan fingerprint density at radius 2 is 2.32 bits per heavy atom. The van der Waals surface area contributed by atoms with E-state index in [1.54, 1.807) is 29.9 Å². The molecule has 1 aromatic heterocycles. The fourth-order valence-electron chi connectivity index (χ4n) is 2.32. The topological polar surface area (TPSA) is 66.4 Å². The van der Waals surface area contributed by atoms with E-state index in [-0.39, 0.29) is 17.5 Å². The van der Waals surface area contributed by atoms with E-state index in [9.17, 15) is 9.59 Å². The summed E-state index contributed by atoms with van der Waals surface area (Å²) in [5, 5.41) is 5.90. The highest BCUT2D eigenvalue weighted by atomic mass is 16.2. The second kappa shape index (κ2) is 6.49. The van der Waals surface area contributed by atoms with Gasteiger partial charge in [0.25, 0.3) is 5.56 Å². The summed E-state index contributed by atoms with van der Waals surface area (Å²) >= 11 is 0. The van der Waals surface area contributed by atoms with Crippen LogP contribution in [0.3, 0.4) is 0 Å². The molecule has 1 atom stereocenters. The molecule has 1 amide bonds. The molecule has 2 N–H and O–H groups in total. The van der Waals surface area contributed by atoms with Gasteiger partial charge >= 0.3 is 0 Å². The van der Waals surface area contributed by atoms with E-state index in [1.807, 2.05) is 6.07 Å². The van der Waals surface area contributed by atoms with Gasteiger partial charge in [0.1, 0.15) is 6.04 Å². The number of pyridine rings is 1. The molecule has 0 spiro atoms. The molecular formula is C13H20N4O2. The number of aromatic nitrogens is 1. The lowest BCUT2D eigenvalue weighted by Gasteiger charge is -2.34. The van der Waals surface area contributed by atoms with Crippen LogP contribution >= 0.6 is 0 Å². The molecule has 1 aromatic rings. The summed E-state index contributed by atoms with van der Waals surface area (Å²) in [4.78, 5) is 25.5.